The number of hydrogen-bond donors (Lipinski definition) is 0. The predicted octanol–water partition coefficient (Wildman–Crippen LogP) is 3.71. The summed E-state index contributed by atoms with van der Waals surface area (Å²) in [5, 5.41) is 0.504. The van der Waals surface area contributed by atoms with Gasteiger partial charge in [0.25, 0.3) is 0 Å². The maximum atomic E-state index is 5.96. The molecule has 1 aromatic heterocycles. The Hall–Kier alpha value is -0.680. The van der Waals surface area contributed by atoms with Crippen LogP contribution in [0.15, 0.2) is 30.5 Å². The number of aryl methyl sites for hydroxylation is 1. The van der Waals surface area contributed by atoms with Crippen LogP contribution in [0.2, 0.25) is 5.15 Å². The molecule has 0 spiro atoms. The molecule has 15 heavy (non-hydrogen) atoms. The Balaban J connectivity index is 2.55. The quantitative estimate of drug-likeness (QED) is 0.588. The summed E-state index contributed by atoms with van der Waals surface area (Å²) in [4.78, 5) is 8.52. The van der Waals surface area contributed by atoms with E-state index < -0.39 is 0 Å². The third-order valence-corrected chi connectivity index (χ3v) is 3.48. The lowest BCUT2D eigenvalue weighted by atomic mass is 10.1. The van der Waals surface area contributed by atoms with Crippen LogP contribution in [-0.4, -0.2) is 9.97 Å². The molecule has 1 heterocycles. The molecular weight excluding hydrogens is 322 g/mol. The molecule has 2 nitrogen and oxygen atoms in total. The standard InChI is InChI=1S/C11H8ClIN2/c1-7-4-2-3-5-8(7)11-14-6-9(13)10(12)15-11/h2-6H,1H3. The largest absolute Gasteiger partial charge is 0.235 e. The van der Waals surface area contributed by atoms with Gasteiger partial charge in [-0.05, 0) is 35.1 Å². The van der Waals surface area contributed by atoms with Crippen molar-refractivity contribution in [1.29, 1.82) is 0 Å². The molecule has 0 saturated carbocycles. The second-order valence-electron chi connectivity index (χ2n) is 3.15. The smallest absolute Gasteiger partial charge is 0.161 e. The summed E-state index contributed by atoms with van der Waals surface area (Å²) in [6.45, 7) is 2.03. The first kappa shape index (κ1) is 10.8. The van der Waals surface area contributed by atoms with E-state index in [2.05, 4.69) is 32.6 Å². The lowest BCUT2D eigenvalue weighted by Crippen LogP contribution is -1.93. The average Bonchev–Trinajstić information content (AvgIpc) is 2.23. The first-order valence-electron chi connectivity index (χ1n) is 4.42. The summed E-state index contributed by atoms with van der Waals surface area (Å²) in [5.41, 5.74) is 2.17. The van der Waals surface area contributed by atoms with Crippen LogP contribution in [0.4, 0.5) is 0 Å². The number of halogens is 2. The first-order valence-corrected chi connectivity index (χ1v) is 5.88. The molecule has 0 fully saturated rings. The molecule has 76 valence electrons. The van der Waals surface area contributed by atoms with Crippen LogP contribution in [0.1, 0.15) is 5.56 Å². The lowest BCUT2D eigenvalue weighted by molar-refractivity contribution is 1.15. The monoisotopic (exact) mass is 330 g/mol. The van der Waals surface area contributed by atoms with Gasteiger partial charge in [0.05, 0.1) is 3.57 Å². The highest BCUT2D eigenvalue weighted by molar-refractivity contribution is 14.1. The van der Waals surface area contributed by atoms with Gasteiger partial charge in [-0.2, -0.15) is 0 Å². The van der Waals surface area contributed by atoms with Crippen LogP contribution in [0.5, 0.6) is 0 Å². The van der Waals surface area contributed by atoms with Gasteiger partial charge in [-0.25, -0.2) is 9.97 Å². The molecule has 0 bridgehead atoms. The molecule has 0 saturated heterocycles. The molecule has 2 rings (SSSR count). The van der Waals surface area contributed by atoms with Crippen molar-refractivity contribution >= 4 is 34.2 Å². The average molecular weight is 331 g/mol. The van der Waals surface area contributed by atoms with E-state index in [-0.39, 0.29) is 0 Å². The van der Waals surface area contributed by atoms with E-state index >= 15 is 0 Å². The zero-order chi connectivity index (χ0) is 10.8. The Kier molecular flexibility index (Phi) is 3.21. The second-order valence-corrected chi connectivity index (χ2v) is 4.67. The molecule has 2 aromatic rings. The summed E-state index contributed by atoms with van der Waals surface area (Å²) in [6.07, 6.45) is 1.73. The summed E-state index contributed by atoms with van der Waals surface area (Å²) in [5.74, 6) is 0.679. The molecule has 0 aliphatic rings. The molecule has 0 aliphatic carbocycles. The van der Waals surface area contributed by atoms with E-state index in [1.165, 1.54) is 0 Å². The van der Waals surface area contributed by atoms with Crippen molar-refractivity contribution in [3.05, 3.63) is 44.7 Å². The summed E-state index contributed by atoms with van der Waals surface area (Å²) in [7, 11) is 0. The molecule has 1 aromatic carbocycles. The minimum absolute atomic E-state index is 0.504. The highest BCUT2D eigenvalue weighted by Crippen LogP contribution is 2.22. The van der Waals surface area contributed by atoms with Crippen LogP contribution in [-0.2, 0) is 0 Å². The van der Waals surface area contributed by atoms with Crippen LogP contribution >= 0.6 is 34.2 Å². The molecule has 0 N–H and O–H groups in total. The normalized spacial score (nSPS) is 10.3. The Morgan fingerprint density at radius 2 is 2.00 bits per heavy atom. The summed E-state index contributed by atoms with van der Waals surface area (Å²) < 4.78 is 0.867. The van der Waals surface area contributed by atoms with E-state index in [9.17, 15) is 0 Å². The van der Waals surface area contributed by atoms with Crippen molar-refractivity contribution in [2.75, 3.05) is 0 Å². The fourth-order valence-corrected chi connectivity index (χ4v) is 1.69. The van der Waals surface area contributed by atoms with Crippen LogP contribution < -0.4 is 0 Å². The van der Waals surface area contributed by atoms with Gasteiger partial charge in [-0.1, -0.05) is 35.9 Å². The minimum atomic E-state index is 0.504. The van der Waals surface area contributed by atoms with Gasteiger partial charge < -0.3 is 0 Å². The fourth-order valence-electron chi connectivity index (χ4n) is 1.30. The number of hydrogen-bond acceptors (Lipinski definition) is 2. The highest BCUT2D eigenvalue weighted by Gasteiger charge is 2.06. The van der Waals surface area contributed by atoms with E-state index in [4.69, 9.17) is 11.6 Å². The Morgan fingerprint density at radius 1 is 1.27 bits per heavy atom. The molecule has 0 atom stereocenters. The van der Waals surface area contributed by atoms with Gasteiger partial charge in [0.15, 0.2) is 5.82 Å². The number of rotatable bonds is 1. The fraction of sp³-hybridized carbons (Fsp3) is 0.0909. The third kappa shape index (κ3) is 2.29. The van der Waals surface area contributed by atoms with Crippen molar-refractivity contribution in [2.24, 2.45) is 0 Å². The zero-order valence-electron chi connectivity index (χ0n) is 8.04. The van der Waals surface area contributed by atoms with Gasteiger partial charge in [0.2, 0.25) is 0 Å². The zero-order valence-corrected chi connectivity index (χ0v) is 11.0. The van der Waals surface area contributed by atoms with Crippen LogP contribution in [0, 0.1) is 10.5 Å². The van der Waals surface area contributed by atoms with E-state index in [0.717, 1.165) is 14.7 Å². The SMILES string of the molecule is Cc1ccccc1-c1ncc(I)c(Cl)n1. The topological polar surface area (TPSA) is 25.8 Å². The van der Waals surface area contributed by atoms with Gasteiger partial charge in [0, 0.05) is 11.8 Å². The second kappa shape index (κ2) is 4.45. The van der Waals surface area contributed by atoms with Gasteiger partial charge in [-0.3, -0.25) is 0 Å². The number of nitrogens with zero attached hydrogens (tertiary/aromatic N) is 2. The first-order chi connectivity index (χ1) is 7.18. The van der Waals surface area contributed by atoms with E-state index in [1.54, 1.807) is 6.20 Å². The number of benzene rings is 1. The van der Waals surface area contributed by atoms with Gasteiger partial charge in [-0.15, -0.1) is 0 Å². The van der Waals surface area contributed by atoms with Crippen molar-refractivity contribution in [1.82, 2.24) is 9.97 Å². The van der Waals surface area contributed by atoms with E-state index in [0.29, 0.717) is 11.0 Å². The Morgan fingerprint density at radius 3 is 2.67 bits per heavy atom. The molecular formula is C11H8ClIN2. The molecule has 0 aliphatic heterocycles. The van der Waals surface area contributed by atoms with Crippen molar-refractivity contribution in [3.63, 3.8) is 0 Å². The Bertz CT molecular complexity index is 500. The van der Waals surface area contributed by atoms with E-state index in [1.807, 2.05) is 31.2 Å². The van der Waals surface area contributed by atoms with Crippen molar-refractivity contribution in [2.45, 2.75) is 6.92 Å². The summed E-state index contributed by atoms with van der Waals surface area (Å²) >= 11 is 8.07. The lowest BCUT2D eigenvalue weighted by Gasteiger charge is -2.04. The van der Waals surface area contributed by atoms with Crippen LogP contribution in [0.25, 0.3) is 11.4 Å². The maximum absolute atomic E-state index is 5.96. The van der Waals surface area contributed by atoms with Gasteiger partial charge in [0.1, 0.15) is 5.15 Å². The van der Waals surface area contributed by atoms with Gasteiger partial charge >= 0.3 is 0 Å². The summed E-state index contributed by atoms with van der Waals surface area (Å²) in [6, 6.07) is 7.99. The van der Waals surface area contributed by atoms with Crippen molar-refractivity contribution < 1.29 is 0 Å². The molecule has 0 amide bonds. The minimum Gasteiger partial charge on any atom is -0.235 e. The van der Waals surface area contributed by atoms with Crippen molar-refractivity contribution in [3.8, 4) is 11.4 Å². The highest BCUT2D eigenvalue weighted by atomic mass is 127. The third-order valence-electron chi connectivity index (χ3n) is 2.09. The Labute approximate surface area is 107 Å². The molecule has 4 heteroatoms. The molecule has 0 unspecified atom stereocenters. The predicted molar refractivity (Wildman–Crippen MR) is 69.9 cm³/mol. The maximum Gasteiger partial charge on any atom is 0.161 e. The van der Waals surface area contributed by atoms with Crippen LogP contribution in [0.3, 0.4) is 0 Å². The number of aromatic nitrogens is 2. The molecule has 0 radical (unpaired) electrons.